The number of aromatic nitrogens is 1. The van der Waals surface area contributed by atoms with Gasteiger partial charge in [-0.15, -0.1) is 11.3 Å². The van der Waals surface area contributed by atoms with E-state index < -0.39 is 0 Å². The van der Waals surface area contributed by atoms with Gasteiger partial charge in [0.15, 0.2) is 0 Å². The summed E-state index contributed by atoms with van der Waals surface area (Å²) in [6, 6.07) is 10.5. The molecule has 2 aromatic heterocycles. The fourth-order valence-corrected chi connectivity index (χ4v) is 3.46. The van der Waals surface area contributed by atoms with E-state index in [9.17, 15) is 0 Å². The summed E-state index contributed by atoms with van der Waals surface area (Å²) in [7, 11) is 0. The molecule has 1 N–H and O–H groups in total. The Hall–Kier alpha value is -1.65. The van der Waals surface area contributed by atoms with Crippen LogP contribution in [0.1, 0.15) is 34.3 Å². The first-order valence-corrected chi connectivity index (χ1v) is 8.10. The van der Waals surface area contributed by atoms with Crippen LogP contribution in [0.15, 0.2) is 34.7 Å². The van der Waals surface area contributed by atoms with E-state index in [1.807, 2.05) is 18.2 Å². The van der Waals surface area contributed by atoms with Gasteiger partial charge in [-0.1, -0.05) is 18.2 Å². The van der Waals surface area contributed by atoms with Gasteiger partial charge in [-0.25, -0.2) is 4.98 Å². The van der Waals surface area contributed by atoms with Crippen molar-refractivity contribution in [2.75, 3.05) is 6.54 Å². The summed E-state index contributed by atoms with van der Waals surface area (Å²) in [5, 5.41) is 5.84. The molecule has 1 atom stereocenters. The van der Waals surface area contributed by atoms with E-state index in [1.165, 1.54) is 4.88 Å². The molecule has 0 aliphatic carbocycles. The number of nitrogens with zero attached hydrogens (tertiary/aromatic N) is 1. The van der Waals surface area contributed by atoms with Crippen molar-refractivity contribution in [2.24, 2.45) is 0 Å². The largest absolute Gasteiger partial charge is 0.459 e. The van der Waals surface area contributed by atoms with Crippen molar-refractivity contribution in [3.05, 3.63) is 51.7 Å². The van der Waals surface area contributed by atoms with Crippen LogP contribution in [0.4, 0.5) is 0 Å². The third-order valence-electron chi connectivity index (χ3n) is 3.67. The lowest BCUT2D eigenvalue weighted by molar-refractivity contribution is 0.454. The highest BCUT2D eigenvalue weighted by atomic mass is 32.1. The van der Waals surface area contributed by atoms with E-state index >= 15 is 0 Å². The summed E-state index contributed by atoms with van der Waals surface area (Å²) in [5.74, 6) is 0.994. The average molecular weight is 300 g/mol. The van der Waals surface area contributed by atoms with E-state index in [4.69, 9.17) is 4.42 Å². The van der Waals surface area contributed by atoms with Gasteiger partial charge >= 0.3 is 0 Å². The van der Waals surface area contributed by atoms with Crippen molar-refractivity contribution in [1.82, 2.24) is 10.3 Å². The Kier molecular flexibility index (Phi) is 4.08. The van der Waals surface area contributed by atoms with E-state index in [-0.39, 0.29) is 6.04 Å². The molecule has 0 saturated carbocycles. The number of fused-ring (bicyclic) bond motifs is 1. The van der Waals surface area contributed by atoms with Gasteiger partial charge in [0.1, 0.15) is 11.3 Å². The number of aryl methyl sites for hydroxylation is 2. The van der Waals surface area contributed by atoms with Crippen LogP contribution >= 0.6 is 11.3 Å². The van der Waals surface area contributed by atoms with E-state index in [0.29, 0.717) is 0 Å². The molecule has 2 heterocycles. The molecular formula is C17H20N2OS. The number of para-hydroxylation sites is 1. The minimum Gasteiger partial charge on any atom is -0.459 e. The molecule has 0 saturated heterocycles. The molecule has 4 heteroatoms. The quantitative estimate of drug-likeness (QED) is 0.759. The van der Waals surface area contributed by atoms with Crippen LogP contribution < -0.4 is 5.32 Å². The fourth-order valence-electron chi connectivity index (χ4n) is 2.52. The first-order chi connectivity index (χ1) is 10.1. The Labute approximate surface area is 129 Å². The van der Waals surface area contributed by atoms with Crippen LogP contribution in [0.3, 0.4) is 0 Å². The number of nitrogens with one attached hydrogen (secondary N) is 1. The van der Waals surface area contributed by atoms with Crippen molar-refractivity contribution >= 4 is 22.3 Å². The summed E-state index contributed by atoms with van der Waals surface area (Å²) in [4.78, 5) is 5.84. The van der Waals surface area contributed by atoms with E-state index in [2.05, 4.69) is 43.2 Å². The van der Waals surface area contributed by atoms with Crippen LogP contribution in [0.5, 0.6) is 0 Å². The molecule has 1 aromatic carbocycles. The molecule has 0 unspecified atom stereocenters. The zero-order valence-corrected chi connectivity index (χ0v) is 13.5. The van der Waals surface area contributed by atoms with Crippen molar-refractivity contribution in [3.8, 4) is 0 Å². The van der Waals surface area contributed by atoms with Gasteiger partial charge in [-0.3, -0.25) is 0 Å². The Morgan fingerprint density at radius 3 is 2.81 bits per heavy atom. The predicted molar refractivity (Wildman–Crippen MR) is 87.9 cm³/mol. The maximum Gasteiger partial charge on any atom is 0.134 e. The normalized spacial score (nSPS) is 12.9. The summed E-state index contributed by atoms with van der Waals surface area (Å²) in [5.41, 5.74) is 2.12. The second-order valence-electron chi connectivity index (χ2n) is 5.35. The Morgan fingerprint density at radius 1 is 1.29 bits per heavy atom. The first kappa shape index (κ1) is 14.3. The smallest absolute Gasteiger partial charge is 0.134 e. The highest BCUT2D eigenvalue weighted by Gasteiger charge is 2.11. The number of benzene rings is 1. The second kappa shape index (κ2) is 6.00. The van der Waals surface area contributed by atoms with Gasteiger partial charge in [-0.05, 0) is 39.3 Å². The molecule has 110 valence electrons. The third-order valence-corrected chi connectivity index (χ3v) is 4.81. The molecule has 0 amide bonds. The summed E-state index contributed by atoms with van der Waals surface area (Å²) >= 11 is 1.79. The molecule has 3 rings (SSSR count). The maximum absolute atomic E-state index is 5.89. The number of furan rings is 1. The van der Waals surface area contributed by atoms with Crippen LogP contribution in [0, 0.1) is 13.8 Å². The van der Waals surface area contributed by atoms with Gasteiger partial charge < -0.3 is 9.73 Å². The molecule has 0 fully saturated rings. The minimum absolute atomic E-state index is 0.215. The van der Waals surface area contributed by atoms with Crippen molar-refractivity contribution in [2.45, 2.75) is 33.2 Å². The zero-order valence-electron chi connectivity index (χ0n) is 12.6. The molecule has 0 radical (unpaired) electrons. The summed E-state index contributed by atoms with van der Waals surface area (Å²) in [6.45, 7) is 7.22. The Bertz CT molecular complexity index is 711. The third kappa shape index (κ3) is 3.17. The number of hydrogen-bond acceptors (Lipinski definition) is 4. The monoisotopic (exact) mass is 300 g/mol. The minimum atomic E-state index is 0.215. The molecule has 3 aromatic rings. The van der Waals surface area contributed by atoms with E-state index in [0.717, 1.165) is 40.4 Å². The first-order valence-electron chi connectivity index (χ1n) is 7.28. The Balaban J connectivity index is 1.61. The predicted octanol–water partition coefficient (Wildman–Crippen LogP) is 4.40. The lowest BCUT2D eigenvalue weighted by Crippen LogP contribution is -2.20. The standard InChI is InChI=1S/C17H20N2OS/c1-11(16-10-14-6-4-5-7-15(14)20-16)18-9-8-17-12(2)19-13(3)21-17/h4-7,10-11,18H,8-9H2,1-3H3/t11-/m0/s1. The van der Waals surface area contributed by atoms with Crippen molar-refractivity contribution < 1.29 is 4.42 Å². The van der Waals surface area contributed by atoms with Crippen LogP contribution in [-0.2, 0) is 6.42 Å². The van der Waals surface area contributed by atoms with Gasteiger partial charge in [0.05, 0.1) is 16.7 Å². The molecular weight excluding hydrogens is 280 g/mol. The van der Waals surface area contributed by atoms with E-state index in [1.54, 1.807) is 11.3 Å². The van der Waals surface area contributed by atoms with Crippen LogP contribution in [0.2, 0.25) is 0 Å². The topological polar surface area (TPSA) is 38.1 Å². The molecule has 3 nitrogen and oxygen atoms in total. The molecule has 21 heavy (non-hydrogen) atoms. The number of hydrogen-bond donors (Lipinski definition) is 1. The van der Waals surface area contributed by atoms with Gasteiger partial charge in [0.2, 0.25) is 0 Å². The average Bonchev–Trinajstić information content (AvgIpc) is 3.02. The number of rotatable bonds is 5. The maximum atomic E-state index is 5.89. The van der Waals surface area contributed by atoms with Crippen LogP contribution in [0.25, 0.3) is 11.0 Å². The molecule has 0 aliphatic heterocycles. The highest BCUT2D eigenvalue weighted by Crippen LogP contribution is 2.23. The highest BCUT2D eigenvalue weighted by molar-refractivity contribution is 7.11. The molecule has 0 bridgehead atoms. The molecule has 0 aliphatic rings. The van der Waals surface area contributed by atoms with Gasteiger partial charge in [-0.2, -0.15) is 0 Å². The number of thiazole rings is 1. The van der Waals surface area contributed by atoms with Gasteiger partial charge in [0.25, 0.3) is 0 Å². The summed E-state index contributed by atoms with van der Waals surface area (Å²) < 4.78 is 5.89. The molecule has 0 spiro atoms. The Morgan fingerprint density at radius 2 is 2.10 bits per heavy atom. The van der Waals surface area contributed by atoms with Crippen molar-refractivity contribution in [3.63, 3.8) is 0 Å². The van der Waals surface area contributed by atoms with Crippen LogP contribution in [-0.4, -0.2) is 11.5 Å². The zero-order chi connectivity index (χ0) is 14.8. The second-order valence-corrected chi connectivity index (χ2v) is 6.64. The van der Waals surface area contributed by atoms with Gasteiger partial charge in [0, 0.05) is 16.8 Å². The van der Waals surface area contributed by atoms with Crippen molar-refractivity contribution in [1.29, 1.82) is 0 Å². The summed E-state index contributed by atoms with van der Waals surface area (Å²) in [6.07, 6.45) is 1.02. The lowest BCUT2D eigenvalue weighted by atomic mass is 10.2. The SMILES string of the molecule is Cc1nc(C)c(CCN[C@@H](C)c2cc3ccccc3o2)s1. The lowest BCUT2D eigenvalue weighted by Gasteiger charge is -2.10. The fraction of sp³-hybridized carbons (Fsp3) is 0.353.